The molecule has 1 fully saturated rings. The zero-order valence-electron chi connectivity index (χ0n) is 15.2. The van der Waals surface area contributed by atoms with E-state index in [0.29, 0.717) is 19.7 Å². The highest BCUT2D eigenvalue weighted by molar-refractivity contribution is 7.09. The summed E-state index contributed by atoms with van der Waals surface area (Å²) >= 11 is 1.59. The van der Waals surface area contributed by atoms with E-state index in [1.807, 2.05) is 50.4 Å². The third kappa shape index (κ3) is 4.40. The molecule has 0 spiro atoms. The number of thiazole rings is 1. The van der Waals surface area contributed by atoms with Crippen molar-refractivity contribution in [1.82, 2.24) is 9.88 Å². The van der Waals surface area contributed by atoms with Gasteiger partial charge < -0.3 is 15.0 Å². The van der Waals surface area contributed by atoms with Crippen LogP contribution >= 0.6 is 11.3 Å². The molecule has 0 saturated carbocycles. The van der Waals surface area contributed by atoms with E-state index in [0.717, 1.165) is 28.4 Å². The Morgan fingerprint density at radius 2 is 2.04 bits per heavy atom. The number of rotatable bonds is 5. The number of cyclic esters (lactones) is 1. The highest BCUT2D eigenvalue weighted by Crippen LogP contribution is 2.25. The summed E-state index contributed by atoms with van der Waals surface area (Å²) in [5.74, 6) is -0.0124. The molecule has 7 heteroatoms. The van der Waals surface area contributed by atoms with Crippen molar-refractivity contribution < 1.29 is 14.3 Å². The van der Waals surface area contributed by atoms with Crippen molar-refractivity contribution in [2.45, 2.75) is 27.2 Å². The minimum absolute atomic E-state index is 0.0124. The molecule has 1 aromatic carbocycles. The molecule has 0 radical (unpaired) electrons. The van der Waals surface area contributed by atoms with Gasteiger partial charge in [0.25, 0.3) is 0 Å². The lowest BCUT2D eigenvalue weighted by Crippen LogP contribution is -2.27. The quantitative estimate of drug-likeness (QED) is 0.865. The molecule has 0 aliphatic carbocycles. The monoisotopic (exact) mass is 373 g/mol. The Balaban J connectivity index is 1.60. The summed E-state index contributed by atoms with van der Waals surface area (Å²) < 4.78 is 4.93. The Bertz CT molecular complexity index is 793. The topological polar surface area (TPSA) is 71.5 Å². The molecule has 1 saturated heterocycles. The lowest BCUT2D eigenvalue weighted by molar-refractivity contribution is -0.123. The lowest BCUT2D eigenvalue weighted by Gasteiger charge is -2.17. The molecule has 26 heavy (non-hydrogen) atoms. The molecule has 0 atom stereocenters. The summed E-state index contributed by atoms with van der Waals surface area (Å²) in [5, 5.41) is 5.92. The summed E-state index contributed by atoms with van der Waals surface area (Å²) in [6, 6.07) is 7.68. The second kappa shape index (κ2) is 7.45. The predicted octanol–water partition coefficient (Wildman–Crippen LogP) is 3.79. The van der Waals surface area contributed by atoms with Gasteiger partial charge in [-0.2, -0.15) is 0 Å². The number of benzene rings is 1. The Kier molecular flexibility index (Phi) is 5.27. The van der Waals surface area contributed by atoms with E-state index < -0.39 is 5.41 Å². The fraction of sp³-hybridized carbons (Fsp3) is 0.421. The molecule has 0 unspecified atom stereocenters. The second-order valence-corrected chi connectivity index (χ2v) is 8.20. The van der Waals surface area contributed by atoms with Gasteiger partial charge in [0.2, 0.25) is 5.91 Å². The van der Waals surface area contributed by atoms with Gasteiger partial charge in [-0.15, -0.1) is 11.3 Å². The van der Waals surface area contributed by atoms with E-state index in [1.54, 1.807) is 16.2 Å². The molecule has 1 aliphatic rings. The van der Waals surface area contributed by atoms with Crippen LogP contribution in [0, 0.1) is 5.41 Å². The molecule has 1 aromatic heterocycles. The van der Waals surface area contributed by atoms with Crippen LogP contribution in [0.15, 0.2) is 29.6 Å². The Morgan fingerprint density at radius 3 is 2.65 bits per heavy atom. The minimum Gasteiger partial charge on any atom is -0.448 e. The summed E-state index contributed by atoms with van der Waals surface area (Å²) in [6.45, 7) is 7.41. The maximum absolute atomic E-state index is 12.0. The molecule has 6 nitrogen and oxygen atoms in total. The Morgan fingerprint density at radius 1 is 1.31 bits per heavy atom. The Hall–Kier alpha value is -2.41. The number of carbonyl (C=O) groups excluding carboxylic acids is 2. The van der Waals surface area contributed by atoms with E-state index in [-0.39, 0.29) is 12.0 Å². The van der Waals surface area contributed by atoms with Crippen LogP contribution in [0.2, 0.25) is 0 Å². The van der Waals surface area contributed by atoms with Crippen molar-refractivity contribution in [1.29, 1.82) is 0 Å². The van der Waals surface area contributed by atoms with Crippen molar-refractivity contribution in [3.8, 4) is 11.3 Å². The smallest absolute Gasteiger partial charge is 0.409 e. The number of ether oxygens (including phenoxy) is 1. The van der Waals surface area contributed by atoms with Crippen LogP contribution < -0.4 is 5.32 Å². The summed E-state index contributed by atoms with van der Waals surface area (Å²) in [7, 11) is 0. The molecule has 0 bridgehead atoms. The van der Waals surface area contributed by atoms with Crippen molar-refractivity contribution in [3.05, 3.63) is 34.7 Å². The first-order chi connectivity index (χ1) is 12.3. The van der Waals surface area contributed by atoms with Crippen LogP contribution in [0.4, 0.5) is 10.5 Å². The normalized spacial score (nSPS) is 14.4. The van der Waals surface area contributed by atoms with Crippen molar-refractivity contribution in [2.24, 2.45) is 5.41 Å². The number of carbonyl (C=O) groups is 2. The van der Waals surface area contributed by atoms with Gasteiger partial charge in [-0.3, -0.25) is 4.79 Å². The second-order valence-electron chi connectivity index (χ2n) is 7.26. The van der Waals surface area contributed by atoms with Crippen LogP contribution in [-0.2, 0) is 16.0 Å². The lowest BCUT2D eigenvalue weighted by atomic mass is 9.95. The zero-order chi connectivity index (χ0) is 18.7. The van der Waals surface area contributed by atoms with Crippen LogP contribution in [0.1, 0.15) is 25.8 Å². The first-order valence-corrected chi connectivity index (χ1v) is 9.49. The summed E-state index contributed by atoms with van der Waals surface area (Å²) in [5.41, 5.74) is 2.26. The average molecular weight is 373 g/mol. The third-order valence-electron chi connectivity index (χ3n) is 4.11. The average Bonchev–Trinajstić information content (AvgIpc) is 3.22. The molecule has 1 N–H and O–H groups in total. The van der Waals surface area contributed by atoms with E-state index >= 15 is 0 Å². The molecule has 138 valence electrons. The van der Waals surface area contributed by atoms with Crippen LogP contribution in [0.25, 0.3) is 11.3 Å². The molecule has 1 aliphatic heterocycles. The van der Waals surface area contributed by atoms with Crippen molar-refractivity contribution in [2.75, 3.05) is 25.0 Å². The fourth-order valence-electron chi connectivity index (χ4n) is 2.46. The molecule has 2 heterocycles. The standard InChI is InChI=1S/C19H23N3O3S/c1-19(2,3)17(23)20-14-6-4-13(5-7-14)15-12-26-16(21-15)8-9-22-10-11-25-18(22)24/h4-7,12H,8-11H2,1-3H3,(H,20,23). The molecule has 3 rings (SSSR count). The van der Waals surface area contributed by atoms with Crippen molar-refractivity contribution in [3.63, 3.8) is 0 Å². The molecule has 2 amide bonds. The van der Waals surface area contributed by atoms with E-state index in [9.17, 15) is 9.59 Å². The molecule has 2 aromatic rings. The number of anilines is 1. The maximum Gasteiger partial charge on any atom is 0.409 e. The number of nitrogens with zero attached hydrogens (tertiary/aromatic N) is 2. The highest BCUT2D eigenvalue weighted by Gasteiger charge is 2.22. The largest absolute Gasteiger partial charge is 0.448 e. The highest BCUT2D eigenvalue weighted by atomic mass is 32.1. The van der Waals surface area contributed by atoms with Gasteiger partial charge >= 0.3 is 6.09 Å². The van der Waals surface area contributed by atoms with Gasteiger partial charge in [-0.1, -0.05) is 32.9 Å². The predicted molar refractivity (Wildman–Crippen MR) is 102 cm³/mol. The first kappa shape index (κ1) is 18.4. The van der Waals surface area contributed by atoms with Gasteiger partial charge in [0.1, 0.15) is 6.61 Å². The van der Waals surface area contributed by atoms with E-state index in [1.165, 1.54) is 0 Å². The van der Waals surface area contributed by atoms with Gasteiger partial charge in [-0.05, 0) is 12.1 Å². The molecular formula is C19H23N3O3S. The minimum atomic E-state index is -0.426. The van der Waals surface area contributed by atoms with Crippen LogP contribution in [0.5, 0.6) is 0 Å². The third-order valence-corrected chi connectivity index (χ3v) is 5.02. The van der Waals surface area contributed by atoms with Gasteiger partial charge in [0, 0.05) is 35.0 Å². The molecular weight excluding hydrogens is 350 g/mol. The first-order valence-electron chi connectivity index (χ1n) is 8.61. The fourth-order valence-corrected chi connectivity index (χ4v) is 3.26. The number of aromatic nitrogens is 1. The van der Waals surface area contributed by atoms with Gasteiger partial charge in [0.05, 0.1) is 17.2 Å². The maximum atomic E-state index is 12.0. The van der Waals surface area contributed by atoms with Gasteiger partial charge in [-0.25, -0.2) is 9.78 Å². The zero-order valence-corrected chi connectivity index (χ0v) is 16.1. The van der Waals surface area contributed by atoms with E-state index in [2.05, 4.69) is 10.3 Å². The van der Waals surface area contributed by atoms with Crippen LogP contribution in [-0.4, -0.2) is 41.6 Å². The summed E-state index contributed by atoms with van der Waals surface area (Å²) in [4.78, 5) is 29.8. The Labute approximate surface area is 157 Å². The number of amides is 2. The van der Waals surface area contributed by atoms with Gasteiger partial charge in [0.15, 0.2) is 0 Å². The number of nitrogens with one attached hydrogen (secondary N) is 1. The SMILES string of the molecule is CC(C)(C)C(=O)Nc1ccc(-c2csc(CCN3CCOC3=O)n2)cc1. The van der Waals surface area contributed by atoms with Crippen LogP contribution in [0.3, 0.4) is 0 Å². The summed E-state index contributed by atoms with van der Waals surface area (Å²) in [6.07, 6.45) is 0.481. The number of hydrogen-bond donors (Lipinski definition) is 1. The van der Waals surface area contributed by atoms with E-state index in [4.69, 9.17) is 4.74 Å². The van der Waals surface area contributed by atoms with Crippen molar-refractivity contribution >= 4 is 29.0 Å². The number of hydrogen-bond acceptors (Lipinski definition) is 5.